The lowest BCUT2D eigenvalue weighted by Crippen LogP contribution is -2.48. The highest BCUT2D eigenvalue weighted by Crippen LogP contribution is 2.36. The highest BCUT2D eigenvalue weighted by Gasteiger charge is 2.39. The van der Waals surface area contributed by atoms with Gasteiger partial charge in [-0.3, -0.25) is 9.69 Å². The molecule has 1 aliphatic rings. The first kappa shape index (κ1) is 26.3. The SMILES string of the molecule is Cc1cc(OC[C@]2(CC(=O)N(C)Cc3ccccc3)CCCN(Cc3ccc4cc[nH]c4c3)C2)ccc1Cl. The Morgan fingerprint density at radius 2 is 1.92 bits per heavy atom. The van der Waals surface area contributed by atoms with Crippen molar-refractivity contribution in [3.63, 3.8) is 0 Å². The van der Waals surface area contributed by atoms with E-state index in [4.69, 9.17) is 16.3 Å². The molecule has 4 aromatic rings. The summed E-state index contributed by atoms with van der Waals surface area (Å²) in [6.45, 7) is 5.76. The van der Waals surface area contributed by atoms with Gasteiger partial charge in [-0.25, -0.2) is 0 Å². The average molecular weight is 530 g/mol. The molecule has 1 aromatic heterocycles. The highest BCUT2D eigenvalue weighted by molar-refractivity contribution is 6.31. The van der Waals surface area contributed by atoms with Crippen LogP contribution in [0.15, 0.2) is 79.0 Å². The minimum Gasteiger partial charge on any atom is -0.493 e. The Hall–Kier alpha value is -3.28. The van der Waals surface area contributed by atoms with Crippen LogP contribution >= 0.6 is 11.6 Å². The summed E-state index contributed by atoms with van der Waals surface area (Å²) in [7, 11) is 1.90. The first-order chi connectivity index (χ1) is 18.4. The summed E-state index contributed by atoms with van der Waals surface area (Å²) in [4.78, 5) is 21.2. The van der Waals surface area contributed by atoms with E-state index >= 15 is 0 Å². The molecule has 0 aliphatic carbocycles. The van der Waals surface area contributed by atoms with Gasteiger partial charge in [-0.2, -0.15) is 0 Å². The van der Waals surface area contributed by atoms with Gasteiger partial charge in [0.15, 0.2) is 0 Å². The van der Waals surface area contributed by atoms with Crippen LogP contribution in [0.3, 0.4) is 0 Å². The largest absolute Gasteiger partial charge is 0.493 e. The number of halogens is 1. The number of rotatable bonds is 9. The number of hydrogen-bond acceptors (Lipinski definition) is 3. The van der Waals surface area contributed by atoms with Gasteiger partial charge in [0.25, 0.3) is 0 Å². The van der Waals surface area contributed by atoms with E-state index in [1.54, 1.807) is 0 Å². The summed E-state index contributed by atoms with van der Waals surface area (Å²) in [6, 6.07) is 24.6. The van der Waals surface area contributed by atoms with Gasteiger partial charge < -0.3 is 14.6 Å². The van der Waals surface area contributed by atoms with Crippen molar-refractivity contribution in [2.24, 2.45) is 5.41 Å². The second kappa shape index (κ2) is 11.6. The number of aromatic nitrogens is 1. The number of H-pyrrole nitrogens is 1. The average Bonchev–Trinajstić information content (AvgIpc) is 3.38. The number of fused-ring (bicyclic) bond motifs is 1. The number of likely N-dealkylation sites (tertiary alicyclic amines) is 1. The molecule has 1 fully saturated rings. The fourth-order valence-electron chi connectivity index (χ4n) is 5.55. The molecule has 1 amide bonds. The fraction of sp³-hybridized carbons (Fsp3) is 0.344. The Bertz CT molecular complexity index is 1390. The minimum atomic E-state index is -0.273. The maximum Gasteiger partial charge on any atom is 0.223 e. The lowest BCUT2D eigenvalue weighted by Gasteiger charge is -2.43. The molecule has 1 aliphatic heterocycles. The van der Waals surface area contributed by atoms with E-state index in [9.17, 15) is 4.79 Å². The van der Waals surface area contributed by atoms with Crippen molar-refractivity contribution >= 4 is 28.4 Å². The molecule has 198 valence electrons. The Kier molecular flexibility index (Phi) is 8.06. The van der Waals surface area contributed by atoms with Crippen LogP contribution in [-0.2, 0) is 17.9 Å². The molecule has 1 N–H and O–H groups in total. The lowest BCUT2D eigenvalue weighted by molar-refractivity contribution is -0.135. The van der Waals surface area contributed by atoms with Crippen molar-refractivity contribution in [2.45, 2.75) is 39.3 Å². The third kappa shape index (κ3) is 6.40. The van der Waals surface area contributed by atoms with Gasteiger partial charge in [-0.05, 0) is 78.7 Å². The topological polar surface area (TPSA) is 48.6 Å². The Morgan fingerprint density at radius 3 is 2.74 bits per heavy atom. The number of aryl methyl sites for hydroxylation is 1. The standard InChI is InChI=1S/C32H36ClN3O2/c1-24-17-28(11-12-29(24)33)38-23-32(19-31(37)35(2)20-25-7-4-3-5-8-25)14-6-16-36(22-32)21-26-9-10-27-13-15-34-30(27)18-26/h3-5,7-13,15,17-18,34H,6,14,16,19-23H2,1-2H3/t32-/m0/s1. The van der Waals surface area contributed by atoms with Gasteiger partial charge in [0.2, 0.25) is 5.91 Å². The smallest absolute Gasteiger partial charge is 0.223 e. The second-order valence-electron chi connectivity index (χ2n) is 10.8. The van der Waals surface area contributed by atoms with Gasteiger partial charge in [-0.1, -0.05) is 54.1 Å². The van der Waals surface area contributed by atoms with E-state index < -0.39 is 0 Å². The van der Waals surface area contributed by atoms with Gasteiger partial charge >= 0.3 is 0 Å². The molecule has 5 nitrogen and oxygen atoms in total. The molecule has 0 spiro atoms. The highest BCUT2D eigenvalue weighted by atomic mass is 35.5. The van der Waals surface area contributed by atoms with Crippen LogP contribution in [0.2, 0.25) is 5.02 Å². The zero-order chi connectivity index (χ0) is 26.5. The van der Waals surface area contributed by atoms with Crippen LogP contribution in [0.25, 0.3) is 10.9 Å². The molecule has 38 heavy (non-hydrogen) atoms. The van der Waals surface area contributed by atoms with Crippen molar-refractivity contribution in [2.75, 3.05) is 26.7 Å². The first-order valence-electron chi connectivity index (χ1n) is 13.3. The summed E-state index contributed by atoms with van der Waals surface area (Å²) < 4.78 is 6.37. The molecule has 2 heterocycles. The monoisotopic (exact) mass is 529 g/mol. The number of piperidine rings is 1. The molecule has 5 rings (SSSR count). The second-order valence-corrected chi connectivity index (χ2v) is 11.2. The maximum atomic E-state index is 13.5. The predicted molar refractivity (Wildman–Crippen MR) is 154 cm³/mol. The number of amides is 1. The number of carbonyl (C=O) groups is 1. The Balaban J connectivity index is 1.33. The van der Waals surface area contributed by atoms with Gasteiger partial charge in [-0.15, -0.1) is 0 Å². The van der Waals surface area contributed by atoms with Gasteiger partial charge in [0.05, 0.1) is 6.61 Å². The minimum absolute atomic E-state index is 0.152. The van der Waals surface area contributed by atoms with E-state index in [-0.39, 0.29) is 11.3 Å². The van der Waals surface area contributed by atoms with Crippen LogP contribution in [0.1, 0.15) is 36.0 Å². The molecule has 3 aromatic carbocycles. The number of hydrogen-bond donors (Lipinski definition) is 1. The summed E-state index contributed by atoms with van der Waals surface area (Å²) in [5.74, 6) is 0.949. The first-order valence-corrected chi connectivity index (χ1v) is 13.7. The van der Waals surface area contributed by atoms with Crippen LogP contribution in [-0.4, -0.2) is 47.4 Å². The van der Waals surface area contributed by atoms with E-state index in [2.05, 4.69) is 46.3 Å². The van der Waals surface area contributed by atoms with Crippen LogP contribution in [0.4, 0.5) is 0 Å². The predicted octanol–water partition coefficient (Wildman–Crippen LogP) is 6.84. The van der Waals surface area contributed by atoms with Crippen LogP contribution in [0.5, 0.6) is 5.75 Å². The Morgan fingerprint density at radius 1 is 1.08 bits per heavy atom. The number of nitrogens with one attached hydrogen (secondary N) is 1. The molecular weight excluding hydrogens is 494 g/mol. The zero-order valence-electron chi connectivity index (χ0n) is 22.3. The third-order valence-corrected chi connectivity index (χ3v) is 8.08. The molecule has 1 atom stereocenters. The molecule has 0 unspecified atom stereocenters. The number of ether oxygens (including phenoxy) is 1. The molecule has 0 bridgehead atoms. The summed E-state index contributed by atoms with van der Waals surface area (Å²) in [5.41, 5.74) is 4.28. The van der Waals surface area contributed by atoms with Gasteiger partial charge in [0.1, 0.15) is 5.75 Å². The maximum absolute atomic E-state index is 13.5. The zero-order valence-corrected chi connectivity index (χ0v) is 23.0. The molecular formula is C32H36ClN3O2. The van der Waals surface area contributed by atoms with Crippen molar-refractivity contribution < 1.29 is 9.53 Å². The quantitative estimate of drug-likeness (QED) is 0.258. The van der Waals surface area contributed by atoms with E-state index in [0.29, 0.717) is 19.6 Å². The Labute approximate surface area is 230 Å². The summed E-state index contributed by atoms with van der Waals surface area (Å²) in [5, 5.41) is 1.95. The normalized spacial score (nSPS) is 18.0. The molecule has 0 radical (unpaired) electrons. The summed E-state index contributed by atoms with van der Waals surface area (Å²) >= 11 is 6.24. The van der Waals surface area contributed by atoms with Crippen molar-refractivity contribution in [3.05, 3.63) is 101 Å². The number of carbonyl (C=O) groups excluding carboxylic acids is 1. The van der Waals surface area contributed by atoms with Crippen LogP contribution in [0, 0.1) is 12.3 Å². The van der Waals surface area contributed by atoms with E-state index in [0.717, 1.165) is 59.9 Å². The number of benzene rings is 3. The molecule has 0 saturated carbocycles. The van der Waals surface area contributed by atoms with Crippen LogP contribution < -0.4 is 4.74 Å². The number of aromatic amines is 1. The third-order valence-electron chi connectivity index (χ3n) is 7.66. The van der Waals surface area contributed by atoms with Gasteiger partial charge in [0, 0.05) is 55.3 Å². The fourth-order valence-corrected chi connectivity index (χ4v) is 5.67. The molecule has 6 heteroatoms. The molecule has 1 saturated heterocycles. The van der Waals surface area contributed by atoms with Crippen molar-refractivity contribution in [3.8, 4) is 5.75 Å². The number of nitrogens with zero attached hydrogens (tertiary/aromatic N) is 2. The lowest BCUT2D eigenvalue weighted by atomic mass is 9.77. The van der Waals surface area contributed by atoms with E-state index in [1.165, 1.54) is 10.9 Å². The van der Waals surface area contributed by atoms with Crippen molar-refractivity contribution in [1.29, 1.82) is 0 Å². The van der Waals surface area contributed by atoms with E-state index in [1.807, 2.05) is 61.5 Å². The summed E-state index contributed by atoms with van der Waals surface area (Å²) in [6.07, 6.45) is 4.42. The van der Waals surface area contributed by atoms with Crippen molar-refractivity contribution in [1.82, 2.24) is 14.8 Å².